The Labute approximate surface area is 105 Å². The first kappa shape index (κ1) is 13.5. The summed E-state index contributed by atoms with van der Waals surface area (Å²) in [5.74, 6) is 6.61. The van der Waals surface area contributed by atoms with Gasteiger partial charge in [0.15, 0.2) is 5.16 Å². The molecular formula is C10H16N6S. The molecule has 0 saturated carbocycles. The van der Waals surface area contributed by atoms with Gasteiger partial charge in [-0.1, -0.05) is 11.8 Å². The van der Waals surface area contributed by atoms with Crippen molar-refractivity contribution in [3.05, 3.63) is 6.07 Å². The lowest BCUT2D eigenvalue weighted by Gasteiger charge is -2.20. The molecule has 1 rings (SSSR count). The van der Waals surface area contributed by atoms with Gasteiger partial charge in [0.25, 0.3) is 0 Å². The number of aromatic nitrogens is 2. The van der Waals surface area contributed by atoms with Crippen LogP contribution in [0.5, 0.6) is 0 Å². The maximum atomic E-state index is 8.79. The molecule has 0 aromatic carbocycles. The third-order valence-electron chi connectivity index (χ3n) is 2.18. The zero-order valence-corrected chi connectivity index (χ0v) is 11.0. The van der Waals surface area contributed by atoms with Crippen molar-refractivity contribution in [2.45, 2.75) is 12.1 Å². The van der Waals surface area contributed by atoms with Gasteiger partial charge >= 0.3 is 0 Å². The summed E-state index contributed by atoms with van der Waals surface area (Å²) in [5, 5.41) is 9.43. The van der Waals surface area contributed by atoms with Crippen molar-refractivity contribution in [3.63, 3.8) is 0 Å². The van der Waals surface area contributed by atoms with E-state index in [4.69, 9.17) is 11.1 Å². The fourth-order valence-electron chi connectivity index (χ4n) is 1.32. The Bertz CT molecular complexity index is 393. The van der Waals surface area contributed by atoms with Crippen LogP contribution >= 0.6 is 11.8 Å². The van der Waals surface area contributed by atoms with Crippen LogP contribution in [0.25, 0.3) is 0 Å². The molecular weight excluding hydrogens is 236 g/mol. The maximum Gasteiger partial charge on any atom is 0.191 e. The summed E-state index contributed by atoms with van der Waals surface area (Å²) in [6.07, 6.45) is 1.90. The number of hydrogen-bond donors (Lipinski definition) is 2. The Morgan fingerprint density at radius 1 is 1.65 bits per heavy atom. The number of nitrogens with two attached hydrogens (primary N) is 1. The van der Waals surface area contributed by atoms with E-state index >= 15 is 0 Å². The average molecular weight is 252 g/mol. The minimum Gasteiger partial charge on any atom is -0.358 e. The SMILES string of the molecule is CSc1nc(NN)cc(N(C)CC(C)C#N)n1. The predicted molar refractivity (Wildman–Crippen MR) is 69.7 cm³/mol. The number of nitrogens with zero attached hydrogens (tertiary/aromatic N) is 4. The zero-order valence-electron chi connectivity index (χ0n) is 10.1. The second kappa shape index (κ2) is 6.27. The number of nitrogen functional groups attached to an aromatic ring is 1. The highest BCUT2D eigenvalue weighted by Crippen LogP contribution is 2.19. The largest absolute Gasteiger partial charge is 0.358 e. The quantitative estimate of drug-likeness (QED) is 0.350. The van der Waals surface area contributed by atoms with Gasteiger partial charge in [-0.2, -0.15) is 5.26 Å². The van der Waals surface area contributed by atoms with Gasteiger partial charge in [0.05, 0.1) is 12.0 Å². The third kappa shape index (κ3) is 3.76. The van der Waals surface area contributed by atoms with Gasteiger partial charge in [-0.25, -0.2) is 15.8 Å². The van der Waals surface area contributed by atoms with Gasteiger partial charge in [0, 0.05) is 19.7 Å². The Morgan fingerprint density at radius 2 is 2.35 bits per heavy atom. The molecule has 0 aliphatic heterocycles. The molecule has 0 aliphatic carbocycles. The molecule has 1 heterocycles. The highest BCUT2D eigenvalue weighted by atomic mass is 32.2. The smallest absolute Gasteiger partial charge is 0.191 e. The molecule has 1 atom stereocenters. The van der Waals surface area contributed by atoms with Crippen LogP contribution in [-0.4, -0.2) is 29.8 Å². The summed E-state index contributed by atoms with van der Waals surface area (Å²) < 4.78 is 0. The van der Waals surface area contributed by atoms with E-state index in [0.717, 1.165) is 5.82 Å². The lowest BCUT2D eigenvalue weighted by atomic mass is 10.2. The van der Waals surface area contributed by atoms with Crippen molar-refractivity contribution >= 4 is 23.4 Å². The van der Waals surface area contributed by atoms with Gasteiger partial charge in [0.1, 0.15) is 11.6 Å². The fraction of sp³-hybridized carbons (Fsp3) is 0.500. The van der Waals surface area contributed by atoms with Crippen LogP contribution in [0.2, 0.25) is 0 Å². The van der Waals surface area contributed by atoms with Gasteiger partial charge in [-0.05, 0) is 13.2 Å². The van der Waals surface area contributed by atoms with Crippen LogP contribution in [0.4, 0.5) is 11.6 Å². The van der Waals surface area contributed by atoms with Crippen LogP contribution < -0.4 is 16.2 Å². The summed E-state index contributed by atoms with van der Waals surface area (Å²) in [6.45, 7) is 2.49. The van der Waals surface area contributed by atoms with Crippen molar-refractivity contribution < 1.29 is 0 Å². The minimum absolute atomic E-state index is 0.0537. The molecule has 1 unspecified atom stereocenters. The lowest BCUT2D eigenvalue weighted by Crippen LogP contribution is -2.24. The first-order chi connectivity index (χ1) is 8.10. The van der Waals surface area contributed by atoms with E-state index in [9.17, 15) is 0 Å². The number of nitriles is 1. The predicted octanol–water partition coefficient (Wildman–Crippen LogP) is 1.08. The van der Waals surface area contributed by atoms with E-state index in [2.05, 4.69) is 21.5 Å². The van der Waals surface area contributed by atoms with Gasteiger partial charge in [0.2, 0.25) is 0 Å². The van der Waals surface area contributed by atoms with Gasteiger partial charge in [-0.3, -0.25) is 0 Å². The van der Waals surface area contributed by atoms with Crippen molar-refractivity contribution in [2.75, 3.05) is 30.2 Å². The fourth-order valence-corrected chi connectivity index (χ4v) is 1.69. The molecule has 0 radical (unpaired) electrons. The van der Waals surface area contributed by atoms with E-state index in [0.29, 0.717) is 17.5 Å². The van der Waals surface area contributed by atoms with Crippen LogP contribution in [-0.2, 0) is 0 Å². The Morgan fingerprint density at radius 3 is 2.88 bits per heavy atom. The summed E-state index contributed by atoms with van der Waals surface area (Å²) in [6, 6.07) is 3.95. The molecule has 0 amide bonds. The van der Waals surface area contributed by atoms with Gasteiger partial charge < -0.3 is 10.3 Å². The van der Waals surface area contributed by atoms with Crippen molar-refractivity contribution in [1.82, 2.24) is 9.97 Å². The summed E-state index contributed by atoms with van der Waals surface area (Å²) in [7, 11) is 1.89. The standard InChI is InChI=1S/C10H16N6S/c1-7(5-11)6-16(2)9-4-8(15-12)13-10(14-9)17-3/h4,7H,6,12H2,1-3H3,(H,13,14,15). The maximum absolute atomic E-state index is 8.79. The lowest BCUT2D eigenvalue weighted by molar-refractivity contribution is 0.705. The molecule has 0 aliphatic rings. The van der Waals surface area contributed by atoms with Crippen molar-refractivity contribution in [1.29, 1.82) is 5.26 Å². The number of anilines is 2. The van der Waals surface area contributed by atoms with Crippen molar-refractivity contribution in [3.8, 4) is 6.07 Å². The first-order valence-electron chi connectivity index (χ1n) is 5.11. The monoisotopic (exact) mass is 252 g/mol. The number of hydrogen-bond acceptors (Lipinski definition) is 7. The molecule has 1 aromatic heterocycles. The number of rotatable bonds is 5. The normalized spacial score (nSPS) is 11.7. The molecule has 0 fully saturated rings. The number of nitrogens with one attached hydrogen (secondary N) is 1. The molecule has 0 bridgehead atoms. The number of thioether (sulfide) groups is 1. The molecule has 7 heteroatoms. The molecule has 92 valence electrons. The zero-order chi connectivity index (χ0) is 12.8. The molecule has 1 aromatic rings. The van der Waals surface area contributed by atoms with E-state index in [-0.39, 0.29) is 5.92 Å². The van der Waals surface area contributed by atoms with E-state index in [1.807, 2.05) is 25.1 Å². The summed E-state index contributed by atoms with van der Waals surface area (Å²) in [4.78, 5) is 10.4. The Kier molecular flexibility index (Phi) is 5.00. The molecule has 3 N–H and O–H groups in total. The third-order valence-corrected chi connectivity index (χ3v) is 2.73. The Balaban J connectivity index is 2.92. The van der Waals surface area contributed by atoms with Crippen LogP contribution in [0.3, 0.4) is 0 Å². The van der Waals surface area contributed by atoms with Gasteiger partial charge in [-0.15, -0.1) is 0 Å². The topological polar surface area (TPSA) is 90.9 Å². The second-order valence-electron chi connectivity index (χ2n) is 3.65. The van der Waals surface area contributed by atoms with Crippen molar-refractivity contribution in [2.24, 2.45) is 11.8 Å². The Hall–Kier alpha value is -1.52. The summed E-state index contributed by atoms with van der Waals surface area (Å²) in [5.41, 5.74) is 2.51. The van der Waals surface area contributed by atoms with E-state index in [1.165, 1.54) is 11.8 Å². The number of hydrazine groups is 1. The van der Waals surface area contributed by atoms with E-state index < -0.39 is 0 Å². The highest BCUT2D eigenvalue weighted by molar-refractivity contribution is 7.98. The second-order valence-corrected chi connectivity index (χ2v) is 4.43. The molecule has 0 spiro atoms. The molecule has 0 saturated heterocycles. The molecule has 17 heavy (non-hydrogen) atoms. The highest BCUT2D eigenvalue weighted by Gasteiger charge is 2.10. The first-order valence-corrected chi connectivity index (χ1v) is 6.33. The van der Waals surface area contributed by atoms with Crippen LogP contribution in [0, 0.1) is 17.2 Å². The van der Waals surface area contributed by atoms with E-state index in [1.54, 1.807) is 6.07 Å². The minimum atomic E-state index is -0.0537. The van der Waals surface area contributed by atoms with Crippen LogP contribution in [0.1, 0.15) is 6.92 Å². The average Bonchev–Trinajstić information content (AvgIpc) is 2.37. The summed E-state index contributed by atoms with van der Waals surface area (Å²) >= 11 is 1.45. The molecule has 6 nitrogen and oxygen atoms in total. The van der Waals surface area contributed by atoms with Crippen LogP contribution in [0.15, 0.2) is 11.2 Å².